The molecule has 0 amide bonds. The van der Waals surface area contributed by atoms with Crippen LogP contribution in [0.25, 0.3) is 57.7 Å². The fraction of sp³-hybridized carbons (Fsp3) is 0.0638. The Morgan fingerprint density at radius 1 is 0.327 bits per heavy atom. The maximum Gasteiger partial charge on any atom is 0.118 e. The first-order valence-corrected chi connectivity index (χ1v) is 16.6. The molecule has 1 aliphatic rings. The Hall–Kier alpha value is -6.12. The minimum Gasteiger partial charge on any atom is -0.497 e. The van der Waals surface area contributed by atoms with E-state index in [0.29, 0.717) is 0 Å². The van der Waals surface area contributed by atoms with Gasteiger partial charge in [0.1, 0.15) is 11.5 Å². The maximum atomic E-state index is 5.27. The second-order valence-electron chi connectivity index (χ2n) is 12.2. The van der Waals surface area contributed by atoms with Crippen molar-refractivity contribution in [2.75, 3.05) is 14.2 Å². The highest BCUT2D eigenvalue weighted by Crippen LogP contribution is 2.34. The number of methoxy groups -OCH3 is 2. The van der Waals surface area contributed by atoms with E-state index in [0.717, 1.165) is 17.9 Å². The molecule has 0 aliphatic heterocycles. The van der Waals surface area contributed by atoms with Gasteiger partial charge >= 0.3 is 0 Å². The van der Waals surface area contributed by atoms with Gasteiger partial charge in [0.25, 0.3) is 0 Å². The Kier molecular flexibility index (Phi) is 9.48. The average molecular weight is 635 g/mol. The van der Waals surface area contributed by atoms with Crippen molar-refractivity contribution >= 4 is 35.5 Å². The summed E-state index contributed by atoms with van der Waals surface area (Å²) in [5.41, 5.74) is 14.7. The third kappa shape index (κ3) is 7.72. The van der Waals surface area contributed by atoms with Crippen LogP contribution in [0.5, 0.6) is 11.5 Å². The molecular formula is C47H38O2. The first kappa shape index (κ1) is 31.5. The highest BCUT2D eigenvalue weighted by molar-refractivity contribution is 5.87. The van der Waals surface area contributed by atoms with Crippen LogP contribution in [0.1, 0.15) is 39.8 Å². The van der Waals surface area contributed by atoms with Crippen LogP contribution in [0, 0.1) is 0 Å². The predicted molar refractivity (Wildman–Crippen MR) is 208 cm³/mol. The van der Waals surface area contributed by atoms with E-state index >= 15 is 0 Å². The summed E-state index contributed by atoms with van der Waals surface area (Å²) in [7, 11) is 3.38. The molecule has 0 heterocycles. The zero-order valence-corrected chi connectivity index (χ0v) is 27.8. The lowest BCUT2D eigenvalue weighted by atomic mass is 9.97. The zero-order chi connectivity index (χ0) is 33.4. The minimum absolute atomic E-state index is 0.870. The van der Waals surface area contributed by atoms with Crippen molar-refractivity contribution < 1.29 is 9.47 Å². The average Bonchev–Trinajstić information content (AvgIpc) is 3.68. The van der Waals surface area contributed by atoms with Gasteiger partial charge in [0, 0.05) is 0 Å². The van der Waals surface area contributed by atoms with Crippen LogP contribution in [0.4, 0.5) is 0 Å². The molecule has 0 saturated heterocycles. The van der Waals surface area contributed by atoms with Gasteiger partial charge in [-0.05, 0) is 97.5 Å². The van der Waals surface area contributed by atoms with Crippen LogP contribution in [0.3, 0.4) is 0 Å². The molecule has 2 heteroatoms. The van der Waals surface area contributed by atoms with Crippen LogP contribution in [-0.4, -0.2) is 14.2 Å². The zero-order valence-electron chi connectivity index (χ0n) is 27.8. The van der Waals surface area contributed by atoms with Crippen LogP contribution in [0.15, 0.2) is 158 Å². The lowest BCUT2D eigenvalue weighted by molar-refractivity contribution is 0.415. The summed E-state index contributed by atoms with van der Waals surface area (Å²) in [5, 5.41) is 0. The molecule has 0 aromatic heterocycles. The molecule has 6 aromatic rings. The largest absolute Gasteiger partial charge is 0.497 e. The lowest BCUT2D eigenvalue weighted by Gasteiger charge is -2.07. The molecule has 7 rings (SSSR count). The van der Waals surface area contributed by atoms with E-state index in [1.807, 2.05) is 24.3 Å². The number of hydrogen-bond acceptors (Lipinski definition) is 2. The van der Waals surface area contributed by atoms with E-state index in [1.165, 1.54) is 66.8 Å². The molecule has 238 valence electrons. The molecule has 0 N–H and O–H groups in total. The number of benzene rings is 6. The fourth-order valence-electron chi connectivity index (χ4n) is 6.06. The predicted octanol–water partition coefficient (Wildman–Crippen LogP) is 12.2. The summed E-state index contributed by atoms with van der Waals surface area (Å²) < 4.78 is 10.5. The van der Waals surface area contributed by atoms with E-state index < -0.39 is 0 Å². The third-order valence-corrected chi connectivity index (χ3v) is 9.03. The molecule has 2 nitrogen and oxygen atoms in total. The van der Waals surface area contributed by atoms with Crippen molar-refractivity contribution in [3.63, 3.8) is 0 Å². The first-order chi connectivity index (χ1) is 24.1. The van der Waals surface area contributed by atoms with Gasteiger partial charge in [-0.15, -0.1) is 0 Å². The lowest BCUT2D eigenvalue weighted by Crippen LogP contribution is -1.86. The van der Waals surface area contributed by atoms with E-state index in [9.17, 15) is 0 Å². The van der Waals surface area contributed by atoms with Gasteiger partial charge in [0.15, 0.2) is 0 Å². The molecule has 0 spiro atoms. The Bertz CT molecular complexity index is 1970. The molecular weight excluding hydrogens is 597 g/mol. The van der Waals surface area contributed by atoms with Gasteiger partial charge in [0.2, 0.25) is 0 Å². The first-order valence-electron chi connectivity index (χ1n) is 16.6. The molecule has 0 bridgehead atoms. The van der Waals surface area contributed by atoms with E-state index in [4.69, 9.17) is 9.47 Å². The summed E-state index contributed by atoms with van der Waals surface area (Å²) in [5.74, 6) is 1.74. The molecule has 0 unspecified atom stereocenters. The van der Waals surface area contributed by atoms with E-state index in [2.05, 4.69) is 158 Å². The van der Waals surface area contributed by atoms with Gasteiger partial charge in [-0.3, -0.25) is 0 Å². The standard InChI is InChI=1S/C47H38O2/c1-48-46-29-25-40(26-30-46)38-15-7-34(8-16-38)3-5-36-11-19-42(20-12-36)44-23-24-45(33-44)43-21-13-37(14-22-43)6-4-35-9-17-39(18-10-35)41-27-31-47(49-2)32-28-41/h3-32H,33H2,1-2H3/b5-3+,6-4+. The van der Waals surface area contributed by atoms with Crippen molar-refractivity contribution in [2.45, 2.75) is 6.42 Å². The van der Waals surface area contributed by atoms with Crippen LogP contribution >= 0.6 is 0 Å². The normalized spacial score (nSPS) is 12.7. The summed E-state index contributed by atoms with van der Waals surface area (Å²) in [6.07, 6.45) is 14.1. The van der Waals surface area contributed by atoms with Crippen LogP contribution in [0.2, 0.25) is 0 Å². The number of hydrogen-bond donors (Lipinski definition) is 0. The number of rotatable bonds is 10. The fourth-order valence-corrected chi connectivity index (χ4v) is 6.06. The summed E-state index contributed by atoms with van der Waals surface area (Å²) in [6, 6.07) is 51.3. The van der Waals surface area contributed by atoms with Crippen molar-refractivity contribution in [3.05, 3.63) is 191 Å². The monoisotopic (exact) mass is 634 g/mol. The van der Waals surface area contributed by atoms with Gasteiger partial charge in [-0.25, -0.2) is 0 Å². The summed E-state index contributed by atoms with van der Waals surface area (Å²) in [4.78, 5) is 0. The Labute approximate surface area is 289 Å². The van der Waals surface area contributed by atoms with Crippen LogP contribution < -0.4 is 9.47 Å². The van der Waals surface area contributed by atoms with Crippen molar-refractivity contribution in [3.8, 4) is 33.8 Å². The molecule has 49 heavy (non-hydrogen) atoms. The van der Waals surface area contributed by atoms with Crippen molar-refractivity contribution in [2.24, 2.45) is 0 Å². The third-order valence-electron chi connectivity index (χ3n) is 9.03. The highest BCUT2D eigenvalue weighted by Gasteiger charge is 2.12. The second-order valence-corrected chi connectivity index (χ2v) is 12.2. The van der Waals surface area contributed by atoms with Gasteiger partial charge in [-0.2, -0.15) is 0 Å². The van der Waals surface area contributed by atoms with Crippen molar-refractivity contribution in [1.29, 1.82) is 0 Å². The van der Waals surface area contributed by atoms with Crippen LogP contribution in [-0.2, 0) is 0 Å². The summed E-state index contributed by atoms with van der Waals surface area (Å²) in [6.45, 7) is 0. The number of allylic oxidation sites excluding steroid dienone is 4. The van der Waals surface area contributed by atoms with Crippen molar-refractivity contribution in [1.82, 2.24) is 0 Å². The molecule has 0 saturated carbocycles. The van der Waals surface area contributed by atoms with Gasteiger partial charge < -0.3 is 9.47 Å². The molecule has 6 aromatic carbocycles. The summed E-state index contributed by atoms with van der Waals surface area (Å²) >= 11 is 0. The molecule has 1 aliphatic carbocycles. The molecule has 0 fully saturated rings. The second kappa shape index (κ2) is 14.8. The minimum atomic E-state index is 0.870. The van der Waals surface area contributed by atoms with E-state index in [-0.39, 0.29) is 0 Å². The smallest absolute Gasteiger partial charge is 0.118 e. The van der Waals surface area contributed by atoms with E-state index in [1.54, 1.807) is 14.2 Å². The molecule has 0 atom stereocenters. The Morgan fingerprint density at radius 2 is 0.571 bits per heavy atom. The quantitative estimate of drug-likeness (QED) is 0.140. The number of ether oxygens (including phenoxy) is 2. The van der Waals surface area contributed by atoms with Gasteiger partial charge in [-0.1, -0.05) is 158 Å². The Morgan fingerprint density at radius 3 is 0.837 bits per heavy atom. The van der Waals surface area contributed by atoms with Gasteiger partial charge in [0.05, 0.1) is 14.2 Å². The Balaban J connectivity index is 0.914. The SMILES string of the molecule is COc1ccc(-c2ccc(/C=C/c3ccc(C4=CC=C(c5ccc(/C=C/c6ccc(-c7ccc(OC)cc7)cc6)cc5)C4)cc3)cc2)cc1. The topological polar surface area (TPSA) is 18.5 Å². The molecule has 0 radical (unpaired) electrons. The highest BCUT2D eigenvalue weighted by atomic mass is 16.5. The maximum absolute atomic E-state index is 5.27.